The molecule has 156 valence electrons. The molecule has 2 aromatic heterocycles. The molecule has 0 aliphatic carbocycles. The number of carbonyl (C=O) groups excluding carboxylic acids is 2. The number of carbonyl (C=O) groups is 2. The Morgan fingerprint density at radius 1 is 1.07 bits per heavy atom. The minimum Gasteiger partial charge on any atom is -0.294 e. The fourth-order valence-corrected chi connectivity index (χ4v) is 5.23. The van der Waals surface area contributed by atoms with Gasteiger partial charge in [-0.1, -0.05) is 23.9 Å². The van der Waals surface area contributed by atoms with Crippen LogP contribution in [0.1, 0.15) is 52.5 Å². The lowest BCUT2D eigenvalue weighted by molar-refractivity contribution is -0.115. The highest BCUT2D eigenvalue weighted by atomic mass is 32.2. The summed E-state index contributed by atoms with van der Waals surface area (Å²) in [6, 6.07) is 5.91. The molecular weight excluding hydrogens is 416 g/mol. The first kappa shape index (κ1) is 22.1. The van der Waals surface area contributed by atoms with E-state index in [9.17, 15) is 9.59 Å². The third-order valence-corrected chi connectivity index (χ3v) is 6.62. The summed E-state index contributed by atoms with van der Waals surface area (Å²) in [6.07, 6.45) is 0. The van der Waals surface area contributed by atoms with E-state index in [0.29, 0.717) is 33.0 Å². The van der Waals surface area contributed by atoms with Crippen LogP contribution in [0.3, 0.4) is 0 Å². The van der Waals surface area contributed by atoms with Gasteiger partial charge in [-0.25, -0.2) is 15.0 Å². The monoisotopic (exact) mass is 440 g/mol. The zero-order valence-corrected chi connectivity index (χ0v) is 19.6. The summed E-state index contributed by atoms with van der Waals surface area (Å²) >= 11 is 2.89. The van der Waals surface area contributed by atoms with Crippen molar-refractivity contribution in [3.05, 3.63) is 57.5 Å². The minimum absolute atomic E-state index is 0.0494. The molecule has 0 radical (unpaired) electrons. The summed E-state index contributed by atoms with van der Waals surface area (Å²) < 4.78 is 0. The quantitative estimate of drug-likeness (QED) is 0.292. The van der Waals surface area contributed by atoms with Gasteiger partial charge < -0.3 is 0 Å². The number of Topliss-reactive ketones (excluding diaryl/α,β-unsaturated/α-hetero) is 1. The number of rotatable bonds is 6. The number of aryl methyl sites for hydroxylation is 3. The van der Waals surface area contributed by atoms with E-state index in [1.54, 1.807) is 11.8 Å². The molecule has 0 spiro atoms. The highest BCUT2D eigenvalue weighted by Gasteiger charge is 2.21. The molecule has 1 amide bonds. The fourth-order valence-electron chi connectivity index (χ4n) is 3.18. The van der Waals surface area contributed by atoms with E-state index in [1.807, 2.05) is 51.3 Å². The van der Waals surface area contributed by atoms with Gasteiger partial charge in [0.25, 0.3) is 0 Å². The van der Waals surface area contributed by atoms with Gasteiger partial charge in [-0.15, -0.1) is 11.3 Å². The summed E-state index contributed by atoms with van der Waals surface area (Å²) in [5, 5.41) is 3.24. The molecular formula is C22H24N4O2S2. The largest absolute Gasteiger partial charge is 0.294 e. The van der Waals surface area contributed by atoms with Crippen LogP contribution in [0.5, 0.6) is 0 Å². The first-order chi connectivity index (χ1) is 14.2. The number of benzene rings is 1. The highest BCUT2D eigenvalue weighted by Crippen LogP contribution is 2.34. The lowest BCUT2D eigenvalue weighted by Crippen LogP contribution is -2.23. The zero-order valence-electron chi connectivity index (χ0n) is 17.9. The maximum atomic E-state index is 12.4. The van der Waals surface area contributed by atoms with E-state index in [-0.39, 0.29) is 11.7 Å². The zero-order chi connectivity index (χ0) is 22.0. The van der Waals surface area contributed by atoms with Crippen LogP contribution in [-0.2, 0) is 10.5 Å². The van der Waals surface area contributed by atoms with E-state index in [1.165, 1.54) is 30.0 Å². The molecule has 30 heavy (non-hydrogen) atoms. The Bertz CT molecular complexity index is 1120. The minimum atomic E-state index is -0.0850. The molecule has 0 atom stereocenters. The molecule has 0 saturated heterocycles. The Hall–Kier alpha value is -2.58. The maximum absolute atomic E-state index is 12.4. The lowest BCUT2D eigenvalue weighted by atomic mass is 10.1. The number of hydrogen-bond donors (Lipinski definition) is 0. The Balaban J connectivity index is 1.87. The number of thioether (sulfide) groups is 1. The lowest BCUT2D eigenvalue weighted by Gasteiger charge is -2.21. The van der Waals surface area contributed by atoms with Crippen molar-refractivity contribution in [1.82, 2.24) is 15.0 Å². The predicted octanol–water partition coefficient (Wildman–Crippen LogP) is 5.35. The van der Waals surface area contributed by atoms with Crippen molar-refractivity contribution < 1.29 is 9.59 Å². The number of aromatic nitrogens is 3. The Labute approximate surface area is 184 Å². The van der Waals surface area contributed by atoms with Gasteiger partial charge in [0, 0.05) is 18.1 Å². The number of ketones is 1. The summed E-state index contributed by atoms with van der Waals surface area (Å²) in [5.41, 5.74) is 5.10. The highest BCUT2D eigenvalue weighted by molar-refractivity contribution is 7.98. The second-order valence-electron chi connectivity index (χ2n) is 7.08. The normalized spacial score (nSPS) is 10.9. The fraction of sp³-hybridized carbons (Fsp3) is 0.318. The summed E-state index contributed by atoms with van der Waals surface area (Å²) in [7, 11) is 0. The standard InChI is InChI=1S/C22H24N4O2S2/c1-12-8-7-9-19(13(12)2)26(17(6)28)22-25-18(11-30-22)10-29-21-20(15(4)27)14(3)23-16(5)24-21/h7-9,11H,10H2,1-6H3. The van der Waals surface area contributed by atoms with Crippen molar-refractivity contribution in [2.45, 2.75) is 52.3 Å². The average Bonchev–Trinajstić information content (AvgIpc) is 3.11. The van der Waals surface area contributed by atoms with Gasteiger partial charge in [0.05, 0.1) is 22.6 Å². The van der Waals surface area contributed by atoms with Crippen molar-refractivity contribution >= 4 is 45.6 Å². The van der Waals surface area contributed by atoms with Gasteiger partial charge in [-0.3, -0.25) is 14.5 Å². The molecule has 3 aromatic rings. The van der Waals surface area contributed by atoms with Crippen LogP contribution in [-0.4, -0.2) is 26.6 Å². The van der Waals surface area contributed by atoms with Gasteiger partial charge in [0.1, 0.15) is 10.9 Å². The van der Waals surface area contributed by atoms with Gasteiger partial charge in [0.15, 0.2) is 10.9 Å². The molecule has 0 fully saturated rings. The molecule has 0 bridgehead atoms. The maximum Gasteiger partial charge on any atom is 0.230 e. The van der Waals surface area contributed by atoms with E-state index < -0.39 is 0 Å². The molecule has 2 heterocycles. The second-order valence-corrected chi connectivity index (χ2v) is 8.88. The third kappa shape index (κ3) is 4.60. The molecule has 3 rings (SSSR count). The molecule has 0 aliphatic rings. The molecule has 0 saturated carbocycles. The SMILES string of the molecule is CC(=O)c1c(C)nc(C)nc1SCc1csc(N(C(C)=O)c2cccc(C)c2C)n1. The van der Waals surface area contributed by atoms with E-state index in [2.05, 4.69) is 15.0 Å². The Morgan fingerprint density at radius 2 is 1.80 bits per heavy atom. The first-order valence-corrected chi connectivity index (χ1v) is 11.4. The van der Waals surface area contributed by atoms with Crippen molar-refractivity contribution in [3.8, 4) is 0 Å². The number of nitrogens with zero attached hydrogens (tertiary/aromatic N) is 4. The topological polar surface area (TPSA) is 76.1 Å². The molecule has 6 nitrogen and oxygen atoms in total. The van der Waals surface area contributed by atoms with Gasteiger partial charge >= 0.3 is 0 Å². The first-order valence-electron chi connectivity index (χ1n) is 9.49. The van der Waals surface area contributed by atoms with Crippen LogP contribution in [0, 0.1) is 27.7 Å². The molecule has 0 unspecified atom stereocenters. The number of thiazole rings is 1. The number of anilines is 2. The number of hydrogen-bond acceptors (Lipinski definition) is 7. The van der Waals surface area contributed by atoms with Crippen LogP contribution >= 0.6 is 23.1 Å². The summed E-state index contributed by atoms with van der Waals surface area (Å²) in [5.74, 6) is 1.05. The van der Waals surface area contributed by atoms with Crippen molar-refractivity contribution in [2.24, 2.45) is 0 Å². The summed E-state index contributed by atoms with van der Waals surface area (Å²) in [4.78, 5) is 39.6. The second kappa shape index (κ2) is 9.06. The van der Waals surface area contributed by atoms with Crippen molar-refractivity contribution in [1.29, 1.82) is 0 Å². The Kier molecular flexibility index (Phi) is 6.67. The third-order valence-electron chi connectivity index (χ3n) is 4.74. The van der Waals surface area contributed by atoms with Crippen LogP contribution in [0.2, 0.25) is 0 Å². The average molecular weight is 441 g/mol. The Morgan fingerprint density at radius 3 is 2.47 bits per heavy atom. The van der Waals surface area contributed by atoms with Crippen molar-refractivity contribution in [2.75, 3.05) is 4.90 Å². The van der Waals surface area contributed by atoms with Gasteiger partial charge in [0.2, 0.25) is 5.91 Å². The van der Waals surface area contributed by atoms with E-state index >= 15 is 0 Å². The van der Waals surface area contributed by atoms with E-state index in [4.69, 9.17) is 0 Å². The van der Waals surface area contributed by atoms with Crippen LogP contribution in [0.4, 0.5) is 10.8 Å². The number of amides is 1. The molecule has 1 aromatic carbocycles. The van der Waals surface area contributed by atoms with Gasteiger partial charge in [-0.05, 0) is 51.8 Å². The van der Waals surface area contributed by atoms with Gasteiger partial charge in [-0.2, -0.15) is 0 Å². The molecule has 8 heteroatoms. The summed E-state index contributed by atoms with van der Waals surface area (Å²) in [6.45, 7) is 10.7. The van der Waals surface area contributed by atoms with E-state index in [0.717, 1.165) is 22.5 Å². The van der Waals surface area contributed by atoms with Crippen LogP contribution in [0.15, 0.2) is 28.6 Å². The van der Waals surface area contributed by atoms with Crippen LogP contribution < -0.4 is 4.90 Å². The molecule has 0 N–H and O–H groups in total. The predicted molar refractivity (Wildman–Crippen MR) is 122 cm³/mol. The smallest absolute Gasteiger partial charge is 0.230 e. The van der Waals surface area contributed by atoms with Crippen molar-refractivity contribution in [3.63, 3.8) is 0 Å². The van der Waals surface area contributed by atoms with Crippen LogP contribution in [0.25, 0.3) is 0 Å². The molecule has 0 aliphatic heterocycles.